The standard InChI is InChI=1S/C19H29FN4O3/c1-19(2,20)10-16(22(3)17(26)5-8-23-6-4-7-23)18(27)24-12-14(13-25)9-15(24)11-21/h13-16H,4-10,12H2,1-3H3. The van der Waals surface area contributed by atoms with Crippen molar-refractivity contribution in [2.75, 3.05) is 33.2 Å². The summed E-state index contributed by atoms with van der Waals surface area (Å²) in [5.41, 5.74) is -1.65. The molecule has 2 fully saturated rings. The van der Waals surface area contributed by atoms with Crippen LogP contribution in [-0.2, 0) is 14.4 Å². The van der Waals surface area contributed by atoms with E-state index >= 15 is 0 Å². The number of likely N-dealkylation sites (tertiary alicyclic amines) is 2. The van der Waals surface area contributed by atoms with Gasteiger partial charge in [0, 0.05) is 38.9 Å². The van der Waals surface area contributed by atoms with Gasteiger partial charge >= 0.3 is 0 Å². The number of nitriles is 1. The predicted molar refractivity (Wildman–Crippen MR) is 97.3 cm³/mol. The molecule has 150 valence electrons. The van der Waals surface area contributed by atoms with Gasteiger partial charge in [0.2, 0.25) is 11.8 Å². The van der Waals surface area contributed by atoms with Crippen LogP contribution in [0.2, 0.25) is 0 Å². The van der Waals surface area contributed by atoms with Crippen LogP contribution in [0.15, 0.2) is 0 Å². The molecule has 0 bridgehead atoms. The molecule has 0 N–H and O–H groups in total. The van der Waals surface area contributed by atoms with Crippen molar-refractivity contribution in [2.45, 2.75) is 57.3 Å². The summed E-state index contributed by atoms with van der Waals surface area (Å²) in [6, 6.07) is 0.332. The van der Waals surface area contributed by atoms with E-state index in [1.165, 1.54) is 30.7 Å². The summed E-state index contributed by atoms with van der Waals surface area (Å²) < 4.78 is 14.4. The lowest BCUT2D eigenvalue weighted by Crippen LogP contribution is -2.53. The lowest BCUT2D eigenvalue weighted by atomic mass is 9.98. The van der Waals surface area contributed by atoms with Gasteiger partial charge in [0.1, 0.15) is 24.0 Å². The highest BCUT2D eigenvalue weighted by atomic mass is 19.1. The van der Waals surface area contributed by atoms with Crippen molar-refractivity contribution in [2.24, 2.45) is 5.92 Å². The Hall–Kier alpha value is -2.01. The van der Waals surface area contributed by atoms with Crippen molar-refractivity contribution < 1.29 is 18.8 Å². The Balaban J connectivity index is 2.12. The van der Waals surface area contributed by atoms with Gasteiger partial charge in [-0.1, -0.05) is 0 Å². The number of aldehydes is 1. The van der Waals surface area contributed by atoms with Gasteiger partial charge < -0.3 is 19.5 Å². The normalized spacial score (nSPS) is 24.0. The van der Waals surface area contributed by atoms with Gasteiger partial charge in [0.25, 0.3) is 0 Å². The number of hydrogen-bond donors (Lipinski definition) is 0. The molecule has 3 atom stereocenters. The zero-order valence-corrected chi connectivity index (χ0v) is 16.4. The highest BCUT2D eigenvalue weighted by molar-refractivity contribution is 5.88. The third kappa shape index (κ3) is 5.48. The van der Waals surface area contributed by atoms with Crippen molar-refractivity contribution in [1.82, 2.24) is 14.7 Å². The van der Waals surface area contributed by atoms with Crippen LogP contribution in [0.4, 0.5) is 4.39 Å². The Morgan fingerprint density at radius 2 is 2.07 bits per heavy atom. The molecule has 0 aromatic heterocycles. The molecule has 0 aliphatic carbocycles. The molecule has 0 saturated carbocycles. The molecule has 2 saturated heterocycles. The number of rotatable bonds is 8. The Kier molecular flexibility index (Phi) is 6.93. The Morgan fingerprint density at radius 1 is 1.41 bits per heavy atom. The van der Waals surface area contributed by atoms with Crippen LogP contribution >= 0.6 is 0 Å². The molecule has 2 rings (SSSR count). The van der Waals surface area contributed by atoms with Crippen LogP contribution in [0.25, 0.3) is 0 Å². The van der Waals surface area contributed by atoms with Crippen molar-refractivity contribution in [1.29, 1.82) is 5.26 Å². The van der Waals surface area contributed by atoms with Crippen molar-refractivity contribution in [3.05, 3.63) is 0 Å². The summed E-state index contributed by atoms with van der Waals surface area (Å²) in [5.74, 6) is -1.08. The van der Waals surface area contributed by atoms with E-state index in [4.69, 9.17) is 0 Å². The van der Waals surface area contributed by atoms with Gasteiger partial charge in [-0.05, 0) is 39.8 Å². The van der Waals surface area contributed by atoms with Gasteiger partial charge in [-0.25, -0.2) is 4.39 Å². The van der Waals surface area contributed by atoms with Gasteiger partial charge in [0.05, 0.1) is 6.07 Å². The monoisotopic (exact) mass is 380 g/mol. The molecule has 3 unspecified atom stereocenters. The first kappa shape index (κ1) is 21.3. The van der Waals surface area contributed by atoms with E-state index in [0.29, 0.717) is 6.54 Å². The van der Waals surface area contributed by atoms with E-state index in [2.05, 4.69) is 4.90 Å². The zero-order valence-electron chi connectivity index (χ0n) is 16.4. The summed E-state index contributed by atoms with van der Waals surface area (Å²) >= 11 is 0. The topological polar surface area (TPSA) is 84.7 Å². The first-order valence-corrected chi connectivity index (χ1v) is 9.48. The molecule has 0 aromatic rings. The van der Waals surface area contributed by atoms with E-state index in [1.54, 1.807) is 0 Å². The molecule has 0 radical (unpaired) electrons. The van der Waals surface area contributed by atoms with Crippen LogP contribution in [0, 0.1) is 17.2 Å². The average molecular weight is 380 g/mol. The molecule has 2 aliphatic heterocycles. The van der Waals surface area contributed by atoms with Crippen LogP contribution in [-0.4, -0.2) is 83.8 Å². The van der Waals surface area contributed by atoms with Crippen LogP contribution in [0.1, 0.15) is 39.5 Å². The first-order chi connectivity index (χ1) is 12.7. The van der Waals surface area contributed by atoms with E-state index in [1.807, 2.05) is 6.07 Å². The molecule has 8 heteroatoms. The number of carbonyl (C=O) groups is 3. The summed E-state index contributed by atoms with van der Waals surface area (Å²) in [6.45, 7) is 5.45. The second-order valence-electron chi connectivity index (χ2n) is 8.16. The zero-order chi connectivity index (χ0) is 20.2. The number of nitrogens with zero attached hydrogens (tertiary/aromatic N) is 4. The third-order valence-electron chi connectivity index (χ3n) is 5.37. The average Bonchev–Trinajstić information content (AvgIpc) is 2.99. The van der Waals surface area contributed by atoms with Crippen LogP contribution in [0.5, 0.6) is 0 Å². The maximum atomic E-state index is 14.4. The van der Waals surface area contributed by atoms with E-state index < -0.39 is 29.6 Å². The predicted octanol–water partition coefficient (Wildman–Crippen LogP) is 0.987. The minimum Gasteiger partial charge on any atom is -0.334 e. The SMILES string of the molecule is CN(C(=O)CCN1CCC1)C(CC(C)(C)F)C(=O)N1CC(C=O)CC1C#N. The fraction of sp³-hybridized carbons (Fsp3) is 0.789. The number of amides is 2. The van der Waals surface area contributed by atoms with Crippen molar-refractivity contribution in [3.63, 3.8) is 0 Å². The van der Waals surface area contributed by atoms with E-state index in [-0.39, 0.29) is 31.7 Å². The van der Waals surface area contributed by atoms with Crippen molar-refractivity contribution >= 4 is 18.1 Å². The number of alkyl halides is 1. The number of halogens is 1. The first-order valence-electron chi connectivity index (χ1n) is 9.48. The highest BCUT2D eigenvalue weighted by Gasteiger charge is 2.42. The fourth-order valence-electron chi connectivity index (χ4n) is 3.58. The number of hydrogen-bond acceptors (Lipinski definition) is 5. The van der Waals surface area contributed by atoms with E-state index in [0.717, 1.165) is 25.8 Å². The van der Waals surface area contributed by atoms with Crippen LogP contribution in [0.3, 0.4) is 0 Å². The maximum absolute atomic E-state index is 14.4. The molecule has 0 spiro atoms. The minimum atomic E-state index is -1.65. The summed E-state index contributed by atoms with van der Waals surface area (Å²) in [5, 5.41) is 9.32. The lowest BCUT2D eigenvalue weighted by molar-refractivity contribution is -0.146. The number of carbonyl (C=O) groups excluding carboxylic acids is 3. The molecular weight excluding hydrogens is 351 g/mol. The van der Waals surface area contributed by atoms with Gasteiger partial charge in [-0.15, -0.1) is 0 Å². The Labute approximate surface area is 160 Å². The molecule has 0 aromatic carbocycles. The molecule has 7 nitrogen and oxygen atoms in total. The molecule has 2 amide bonds. The summed E-state index contributed by atoms with van der Waals surface area (Å²) in [7, 11) is 1.52. The maximum Gasteiger partial charge on any atom is 0.246 e. The Morgan fingerprint density at radius 3 is 2.56 bits per heavy atom. The smallest absolute Gasteiger partial charge is 0.246 e. The second-order valence-corrected chi connectivity index (χ2v) is 8.16. The molecule has 27 heavy (non-hydrogen) atoms. The summed E-state index contributed by atoms with van der Waals surface area (Å²) in [6.07, 6.45) is 2.27. The van der Waals surface area contributed by atoms with Gasteiger partial charge in [0.15, 0.2) is 0 Å². The minimum absolute atomic E-state index is 0.138. The van der Waals surface area contributed by atoms with Crippen molar-refractivity contribution in [3.8, 4) is 6.07 Å². The molecular formula is C19H29FN4O3. The second kappa shape index (κ2) is 8.79. The molecule has 2 aliphatic rings. The van der Waals surface area contributed by atoms with Gasteiger partial charge in [-0.3, -0.25) is 9.59 Å². The molecule has 2 heterocycles. The summed E-state index contributed by atoms with van der Waals surface area (Å²) in [4.78, 5) is 41.6. The third-order valence-corrected chi connectivity index (χ3v) is 5.37. The Bertz CT molecular complexity index is 609. The lowest BCUT2D eigenvalue weighted by Gasteiger charge is -2.35. The van der Waals surface area contributed by atoms with Crippen LogP contribution < -0.4 is 0 Å². The fourth-order valence-corrected chi connectivity index (χ4v) is 3.58. The highest BCUT2D eigenvalue weighted by Crippen LogP contribution is 2.27. The largest absolute Gasteiger partial charge is 0.334 e. The van der Waals surface area contributed by atoms with Gasteiger partial charge in [-0.2, -0.15) is 5.26 Å². The van der Waals surface area contributed by atoms with E-state index in [9.17, 15) is 24.0 Å². The number of likely N-dealkylation sites (N-methyl/N-ethyl adjacent to an activating group) is 1. The quantitative estimate of drug-likeness (QED) is 0.586.